The second kappa shape index (κ2) is 65.0. The van der Waals surface area contributed by atoms with Gasteiger partial charge < -0.3 is 33.8 Å². The molecule has 0 heterocycles. The first kappa shape index (κ1) is 90.1. The number of carbonyl (C=O) groups excluding carboxylic acids is 4. The molecular weight excluding hydrogens is 1210 g/mol. The van der Waals surface area contributed by atoms with Crippen molar-refractivity contribution in [1.29, 1.82) is 0 Å². The van der Waals surface area contributed by atoms with E-state index in [1.807, 2.05) is 0 Å². The summed E-state index contributed by atoms with van der Waals surface area (Å²) in [7, 11) is -9.90. The molecular formula is C73H142O17P2. The number of aliphatic hydroxyl groups is 1. The third-order valence-corrected chi connectivity index (χ3v) is 19.2. The fraction of sp³-hybridized carbons (Fsp3) is 0.945. The number of carbonyl (C=O) groups is 4. The van der Waals surface area contributed by atoms with E-state index in [0.717, 1.165) is 102 Å². The van der Waals surface area contributed by atoms with Crippen LogP contribution >= 0.6 is 15.6 Å². The van der Waals surface area contributed by atoms with Gasteiger partial charge in [-0.3, -0.25) is 37.3 Å². The van der Waals surface area contributed by atoms with E-state index in [1.54, 1.807) is 0 Å². The van der Waals surface area contributed by atoms with Gasteiger partial charge in [-0.2, -0.15) is 0 Å². The molecule has 0 amide bonds. The molecule has 0 rings (SSSR count). The molecule has 92 heavy (non-hydrogen) atoms. The van der Waals surface area contributed by atoms with Gasteiger partial charge in [-0.25, -0.2) is 9.13 Å². The van der Waals surface area contributed by atoms with Crippen molar-refractivity contribution in [2.75, 3.05) is 39.6 Å². The number of unbranched alkanes of at least 4 members (excludes halogenated alkanes) is 41. The average molecular weight is 1350 g/mol. The van der Waals surface area contributed by atoms with E-state index in [-0.39, 0.29) is 25.7 Å². The minimum absolute atomic E-state index is 0.105. The van der Waals surface area contributed by atoms with Gasteiger partial charge in [-0.15, -0.1) is 0 Å². The van der Waals surface area contributed by atoms with E-state index in [1.165, 1.54) is 193 Å². The standard InChI is InChI=1S/C73H142O17P2/c1-7-10-12-14-16-18-19-20-21-22-23-24-25-26-32-39-45-51-57-72(77)89-68(62-84-71(76)56-50-44-38-31-28-27-30-35-41-47-53-65(4)5)63-87-91(79,80)85-59-67(74)60-86-92(81,82)88-64-69(61-83-70(75)55-49-43-37-29-17-15-13-11-8-2)90-73(78)58-52-46-40-34-33-36-42-48-54-66(6)9-3/h65-69,74H,7-64H2,1-6H3,(H,79,80)(H,81,82)/t66?,67-,68-,69-/m1/s1. The minimum atomic E-state index is -4.95. The summed E-state index contributed by atoms with van der Waals surface area (Å²) in [4.78, 5) is 72.6. The first-order valence-corrected chi connectivity index (χ1v) is 41.0. The summed E-state index contributed by atoms with van der Waals surface area (Å²) in [5.74, 6) is -0.594. The summed E-state index contributed by atoms with van der Waals surface area (Å²) in [6.45, 7) is 9.55. The Morgan fingerprint density at radius 1 is 0.315 bits per heavy atom. The van der Waals surface area contributed by atoms with E-state index in [2.05, 4.69) is 41.5 Å². The Bertz CT molecular complexity index is 1790. The SMILES string of the molecule is CCCCCCCCCCCCCCCCCCCCC(=O)O[C@H](COC(=O)CCCCCCCCCCCCC(C)C)COP(=O)(O)OC[C@@H](O)COP(=O)(O)OC[C@@H](COC(=O)CCCCCCCCCCC)OC(=O)CCCCCCCCCCC(C)CC. The first-order chi connectivity index (χ1) is 44.4. The zero-order valence-corrected chi connectivity index (χ0v) is 61.6. The molecule has 0 spiro atoms. The Labute approximate surface area is 562 Å². The summed E-state index contributed by atoms with van der Waals surface area (Å²) in [6.07, 6.45) is 51.3. The van der Waals surface area contributed by atoms with Crippen LogP contribution in [-0.2, 0) is 65.4 Å². The lowest BCUT2D eigenvalue weighted by Gasteiger charge is -2.21. The number of aliphatic hydroxyl groups excluding tert-OH is 1. The van der Waals surface area contributed by atoms with Crippen LogP contribution in [0.5, 0.6) is 0 Å². The van der Waals surface area contributed by atoms with E-state index >= 15 is 0 Å². The Morgan fingerprint density at radius 2 is 0.554 bits per heavy atom. The van der Waals surface area contributed by atoms with Crippen LogP contribution in [0.25, 0.3) is 0 Å². The number of ether oxygens (including phenoxy) is 4. The Morgan fingerprint density at radius 3 is 0.826 bits per heavy atom. The highest BCUT2D eigenvalue weighted by Gasteiger charge is 2.30. The molecule has 0 saturated carbocycles. The van der Waals surface area contributed by atoms with Gasteiger partial charge in [0.2, 0.25) is 0 Å². The summed E-state index contributed by atoms with van der Waals surface area (Å²) >= 11 is 0. The minimum Gasteiger partial charge on any atom is -0.462 e. The Kier molecular flexibility index (Phi) is 63.7. The van der Waals surface area contributed by atoms with Gasteiger partial charge >= 0.3 is 39.5 Å². The maximum atomic E-state index is 13.1. The third-order valence-electron chi connectivity index (χ3n) is 17.3. The second-order valence-electron chi connectivity index (χ2n) is 27.1. The summed E-state index contributed by atoms with van der Waals surface area (Å²) in [5, 5.41) is 10.6. The molecule has 0 aliphatic heterocycles. The fourth-order valence-electron chi connectivity index (χ4n) is 11.1. The quantitative estimate of drug-likeness (QED) is 0.0222. The molecule has 0 aromatic heterocycles. The highest BCUT2D eigenvalue weighted by Crippen LogP contribution is 2.45. The molecule has 0 aromatic carbocycles. The zero-order valence-electron chi connectivity index (χ0n) is 59.9. The Balaban J connectivity index is 5.23. The van der Waals surface area contributed by atoms with Gasteiger partial charge in [0.15, 0.2) is 12.2 Å². The van der Waals surface area contributed by atoms with E-state index < -0.39 is 97.5 Å². The van der Waals surface area contributed by atoms with Crippen LogP contribution in [0.1, 0.15) is 375 Å². The van der Waals surface area contributed by atoms with Crippen LogP contribution in [0.3, 0.4) is 0 Å². The molecule has 0 fully saturated rings. The molecule has 0 saturated heterocycles. The molecule has 3 unspecified atom stereocenters. The van der Waals surface area contributed by atoms with Crippen molar-refractivity contribution in [3.05, 3.63) is 0 Å². The fourth-order valence-corrected chi connectivity index (χ4v) is 12.7. The third kappa shape index (κ3) is 65.4. The van der Waals surface area contributed by atoms with Crippen molar-refractivity contribution in [3.63, 3.8) is 0 Å². The molecule has 0 aliphatic rings. The van der Waals surface area contributed by atoms with Gasteiger partial charge in [0.1, 0.15) is 19.3 Å². The van der Waals surface area contributed by atoms with Gasteiger partial charge in [0.25, 0.3) is 0 Å². The van der Waals surface area contributed by atoms with Crippen LogP contribution in [0, 0.1) is 11.8 Å². The van der Waals surface area contributed by atoms with Crippen molar-refractivity contribution >= 4 is 39.5 Å². The van der Waals surface area contributed by atoms with Crippen molar-refractivity contribution < 1.29 is 80.2 Å². The van der Waals surface area contributed by atoms with Crippen LogP contribution < -0.4 is 0 Å². The second-order valence-corrected chi connectivity index (χ2v) is 30.0. The lowest BCUT2D eigenvalue weighted by atomic mass is 9.99. The molecule has 6 atom stereocenters. The van der Waals surface area contributed by atoms with Gasteiger partial charge in [0, 0.05) is 25.7 Å². The number of phosphoric acid groups is 2. The highest BCUT2D eigenvalue weighted by atomic mass is 31.2. The zero-order chi connectivity index (χ0) is 67.9. The van der Waals surface area contributed by atoms with Gasteiger partial charge in [-0.1, -0.05) is 324 Å². The normalized spacial score (nSPS) is 14.4. The number of phosphoric ester groups is 2. The highest BCUT2D eigenvalue weighted by molar-refractivity contribution is 7.47. The molecule has 0 bridgehead atoms. The summed E-state index contributed by atoms with van der Waals surface area (Å²) < 4.78 is 68.4. The van der Waals surface area contributed by atoms with Crippen LogP contribution in [0.4, 0.5) is 0 Å². The molecule has 3 N–H and O–H groups in total. The monoisotopic (exact) mass is 1350 g/mol. The van der Waals surface area contributed by atoms with Crippen LogP contribution in [-0.4, -0.2) is 96.7 Å². The van der Waals surface area contributed by atoms with Crippen molar-refractivity contribution in [3.8, 4) is 0 Å². The van der Waals surface area contributed by atoms with E-state index in [9.17, 15) is 43.2 Å². The van der Waals surface area contributed by atoms with Crippen molar-refractivity contribution in [1.82, 2.24) is 0 Å². The molecule has 546 valence electrons. The van der Waals surface area contributed by atoms with E-state index in [4.69, 9.17) is 37.0 Å². The predicted octanol–water partition coefficient (Wildman–Crippen LogP) is 21.2. The number of hydrogen-bond donors (Lipinski definition) is 3. The van der Waals surface area contributed by atoms with Gasteiger partial charge in [0.05, 0.1) is 26.4 Å². The maximum Gasteiger partial charge on any atom is 0.472 e. The van der Waals surface area contributed by atoms with Crippen molar-refractivity contribution in [2.45, 2.75) is 394 Å². The van der Waals surface area contributed by atoms with Crippen molar-refractivity contribution in [2.24, 2.45) is 11.8 Å². The average Bonchev–Trinajstić information content (AvgIpc) is 3.74. The first-order valence-electron chi connectivity index (χ1n) is 38.0. The lowest BCUT2D eigenvalue weighted by Crippen LogP contribution is -2.30. The Hall–Kier alpha value is -1.94. The maximum absolute atomic E-state index is 13.1. The van der Waals surface area contributed by atoms with Crippen LogP contribution in [0.2, 0.25) is 0 Å². The summed E-state index contributed by atoms with van der Waals surface area (Å²) in [5.41, 5.74) is 0. The number of rotatable bonds is 72. The largest absolute Gasteiger partial charge is 0.472 e. The molecule has 19 heteroatoms. The number of esters is 4. The summed E-state index contributed by atoms with van der Waals surface area (Å²) in [6, 6.07) is 0. The predicted molar refractivity (Wildman–Crippen MR) is 372 cm³/mol. The smallest absolute Gasteiger partial charge is 0.462 e. The number of hydrogen-bond acceptors (Lipinski definition) is 15. The molecule has 0 aliphatic carbocycles. The lowest BCUT2D eigenvalue weighted by molar-refractivity contribution is -0.161. The molecule has 0 aromatic rings. The van der Waals surface area contributed by atoms with E-state index in [0.29, 0.717) is 25.7 Å². The molecule has 0 radical (unpaired) electrons. The van der Waals surface area contributed by atoms with Gasteiger partial charge in [-0.05, 0) is 37.5 Å². The topological polar surface area (TPSA) is 237 Å². The van der Waals surface area contributed by atoms with Crippen LogP contribution in [0.15, 0.2) is 0 Å². The molecule has 17 nitrogen and oxygen atoms in total.